The Balaban J connectivity index is 1.79. The maximum atomic E-state index is 12.2. The third-order valence-corrected chi connectivity index (χ3v) is 3.93. The Morgan fingerprint density at radius 1 is 0.955 bits per heavy atom. The minimum atomic E-state index is -0.270. The molecule has 4 nitrogen and oxygen atoms in total. The topological polar surface area (TPSA) is 47.6 Å². The first kappa shape index (κ1) is 15.0. The molecular weight excluding hydrogens is 325 g/mol. The molecule has 22 heavy (non-hydrogen) atoms. The highest BCUT2D eigenvalue weighted by molar-refractivity contribution is 6.42. The molecule has 1 amide bonds. The third-order valence-electron chi connectivity index (χ3n) is 3.19. The van der Waals surface area contributed by atoms with Crippen LogP contribution in [0.4, 0.5) is 5.69 Å². The molecule has 0 radical (unpaired) electrons. The van der Waals surface area contributed by atoms with Gasteiger partial charge in [-0.2, -0.15) is 0 Å². The van der Waals surface area contributed by atoms with Gasteiger partial charge in [0.1, 0.15) is 0 Å². The lowest BCUT2D eigenvalue weighted by Gasteiger charge is -2.10. The lowest BCUT2D eigenvalue weighted by molar-refractivity contribution is 0.102. The fourth-order valence-electron chi connectivity index (χ4n) is 2.08. The van der Waals surface area contributed by atoms with E-state index in [4.69, 9.17) is 32.7 Å². The largest absolute Gasteiger partial charge is 0.490 e. The molecule has 1 aliphatic heterocycles. The van der Waals surface area contributed by atoms with Crippen molar-refractivity contribution in [2.24, 2.45) is 0 Å². The van der Waals surface area contributed by atoms with Crippen molar-refractivity contribution < 1.29 is 14.3 Å². The van der Waals surface area contributed by atoms with Gasteiger partial charge in [0.2, 0.25) is 0 Å². The number of anilines is 1. The summed E-state index contributed by atoms with van der Waals surface area (Å²) in [6, 6.07) is 10.0. The van der Waals surface area contributed by atoms with Crippen LogP contribution < -0.4 is 14.8 Å². The summed E-state index contributed by atoms with van der Waals surface area (Å²) in [7, 11) is 0. The van der Waals surface area contributed by atoms with Crippen molar-refractivity contribution in [1.29, 1.82) is 0 Å². The smallest absolute Gasteiger partial charge is 0.255 e. The molecule has 6 heteroatoms. The molecule has 2 aromatic carbocycles. The molecule has 0 aliphatic carbocycles. The molecule has 0 aromatic heterocycles. The average Bonchev–Trinajstić information content (AvgIpc) is 2.74. The van der Waals surface area contributed by atoms with E-state index in [0.29, 0.717) is 46.0 Å². The first-order valence-corrected chi connectivity index (χ1v) is 7.55. The van der Waals surface area contributed by atoms with Crippen LogP contribution >= 0.6 is 23.2 Å². The van der Waals surface area contributed by atoms with Crippen LogP contribution in [0.15, 0.2) is 36.4 Å². The summed E-state index contributed by atoms with van der Waals surface area (Å²) in [5.41, 5.74) is 1.06. The van der Waals surface area contributed by atoms with Crippen molar-refractivity contribution in [3.8, 4) is 11.5 Å². The number of ether oxygens (including phenoxy) is 2. The van der Waals surface area contributed by atoms with Crippen molar-refractivity contribution in [2.75, 3.05) is 18.5 Å². The van der Waals surface area contributed by atoms with E-state index in [1.54, 1.807) is 30.3 Å². The Morgan fingerprint density at radius 3 is 2.50 bits per heavy atom. The van der Waals surface area contributed by atoms with Gasteiger partial charge in [0.25, 0.3) is 5.91 Å². The van der Waals surface area contributed by atoms with Crippen LogP contribution in [0.5, 0.6) is 11.5 Å². The van der Waals surface area contributed by atoms with E-state index in [2.05, 4.69) is 5.32 Å². The van der Waals surface area contributed by atoms with Crippen molar-refractivity contribution in [2.45, 2.75) is 6.42 Å². The molecule has 0 bridgehead atoms. The monoisotopic (exact) mass is 337 g/mol. The summed E-state index contributed by atoms with van der Waals surface area (Å²) in [6.07, 6.45) is 0.833. The van der Waals surface area contributed by atoms with Crippen molar-refractivity contribution in [3.05, 3.63) is 52.0 Å². The van der Waals surface area contributed by atoms with Gasteiger partial charge in [-0.1, -0.05) is 23.2 Å². The van der Waals surface area contributed by atoms with E-state index in [1.165, 1.54) is 6.07 Å². The first-order chi connectivity index (χ1) is 10.6. The van der Waals surface area contributed by atoms with Crippen LogP contribution in [-0.4, -0.2) is 19.1 Å². The van der Waals surface area contributed by atoms with Crippen LogP contribution in [-0.2, 0) is 0 Å². The first-order valence-electron chi connectivity index (χ1n) is 6.79. The fraction of sp³-hybridized carbons (Fsp3) is 0.188. The maximum Gasteiger partial charge on any atom is 0.255 e. The standard InChI is InChI=1S/C16H13Cl2NO3/c17-12-4-2-10(8-13(12)18)16(20)19-11-3-5-14-15(9-11)22-7-1-6-21-14/h2-5,8-9H,1,6-7H2,(H,19,20). The summed E-state index contributed by atoms with van der Waals surface area (Å²) in [6.45, 7) is 1.22. The summed E-state index contributed by atoms with van der Waals surface area (Å²) in [5.74, 6) is 1.04. The second-order valence-electron chi connectivity index (χ2n) is 4.80. The van der Waals surface area contributed by atoms with E-state index in [-0.39, 0.29) is 5.91 Å². The van der Waals surface area contributed by atoms with Gasteiger partial charge < -0.3 is 14.8 Å². The van der Waals surface area contributed by atoms with Crippen LogP contribution in [0.3, 0.4) is 0 Å². The van der Waals surface area contributed by atoms with Crippen molar-refractivity contribution in [1.82, 2.24) is 0 Å². The lowest BCUT2D eigenvalue weighted by atomic mass is 10.2. The molecule has 0 atom stereocenters. The van der Waals surface area contributed by atoms with E-state index >= 15 is 0 Å². The number of hydrogen-bond donors (Lipinski definition) is 1. The molecule has 1 aliphatic rings. The maximum absolute atomic E-state index is 12.2. The molecule has 0 unspecified atom stereocenters. The van der Waals surface area contributed by atoms with Gasteiger partial charge in [0.05, 0.1) is 23.3 Å². The number of fused-ring (bicyclic) bond motifs is 1. The van der Waals surface area contributed by atoms with Gasteiger partial charge in [-0.15, -0.1) is 0 Å². The highest BCUT2D eigenvalue weighted by Crippen LogP contribution is 2.32. The molecule has 2 aromatic rings. The summed E-state index contributed by atoms with van der Waals surface area (Å²) < 4.78 is 11.1. The second-order valence-corrected chi connectivity index (χ2v) is 5.61. The summed E-state index contributed by atoms with van der Waals surface area (Å²) >= 11 is 11.8. The number of nitrogens with one attached hydrogen (secondary N) is 1. The van der Waals surface area contributed by atoms with Gasteiger partial charge >= 0.3 is 0 Å². The minimum absolute atomic E-state index is 0.270. The van der Waals surface area contributed by atoms with Crippen LogP contribution in [0.25, 0.3) is 0 Å². The molecule has 114 valence electrons. The molecular formula is C16H13Cl2NO3. The van der Waals surface area contributed by atoms with E-state index < -0.39 is 0 Å². The summed E-state index contributed by atoms with van der Waals surface area (Å²) in [5, 5.41) is 3.55. The minimum Gasteiger partial charge on any atom is -0.490 e. The van der Waals surface area contributed by atoms with Crippen LogP contribution in [0.1, 0.15) is 16.8 Å². The Bertz CT molecular complexity index is 719. The molecule has 1 heterocycles. The number of benzene rings is 2. The molecule has 0 saturated carbocycles. The zero-order valence-corrected chi connectivity index (χ0v) is 13.1. The predicted molar refractivity (Wildman–Crippen MR) is 86.5 cm³/mol. The summed E-state index contributed by atoms with van der Waals surface area (Å²) in [4.78, 5) is 12.2. The van der Waals surface area contributed by atoms with Crippen LogP contribution in [0, 0.1) is 0 Å². The number of amides is 1. The number of halogens is 2. The Hall–Kier alpha value is -1.91. The predicted octanol–water partition coefficient (Wildman–Crippen LogP) is 4.41. The molecule has 0 saturated heterocycles. The number of carbonyl (C=O) groups excluding carboxylic acids is 1. The Morgan fingerprint density at radius 2 is 1.73 bits per heavy atom. The van der Waals surface area contributed by atoms with Crippen LogP contribution in [0.2, 0.25) is 10.0 Å². The van der Waals surface area contributed by atoms with Gasteiger partial charge in [0, 0.05) is 23.7 Å². The van der Waals surface area contributed by atoms with Gasteiger partial charge in [-0.3, -0.25) is 4.79 Å². The Labute approximate surface area is 137 Å². The van der Waals surface area contributed by atoms with E-state index in [0.717, 1.165) is 6.42 Å². The molecule has 0 fully saturated rings. The van der Waals surface area contributed by atoms with Gasteiger partial charge in [0.15, 0.2) is 11.5 Å². The number of carbonyl (C=O) groups is 1. The zero-order chi connectivity index (χ0) is 15.5. The number of hydrogen-bond acceptors (Lipinski definition) is 3. The fourth-order valence-corrected chi connectivity index (χ4v) is 2.38. The van der Waals surface area contributed by atoms with Crippen molar-refractivity contribution in [3.63, 3.8) is 0 Å². The second kappa shape index (κ2) is 6.46. The SMILES string of the molecule is O=C(Nc1ccc2c(c1)OCCCO2)c1ccc(Cl)c(Cl)c1. The van der Waals surface area contributed by atoms with Gasteiger partial charge in [-0.25, -0.2) is 0 Å². The average molecular weight is 338 g/mol. The Kier molecular flexibility index (Phi) is 4.41. The molecule has 1 N–H and O–H groups in total. The zero-order valence-electron chi connectivity index (χ0n) is 11.6. The normalized spacial score (nSPS) is 13.4. The van der Waals surface area contributed by atoms with E-state index in [9.17, 15) is 4.79 Å². The third kappa shape index (κ3) is 3.29. The van der Waals surface area contributed by atoms with Gasteiger partial charge in [-0.05, 0) is 30.3 Å². The quantitative estimate of drug-likeness (QED) is 0.882. The molecule has 0 spiro atoms. The molecule has 3 rings (SSSR count). The lowest BCUT2D eigenvalue weighted by Crippen LogP contribution is -2.12. The van der Waals surface area contributed by atoms with E-state index in [1.807, 2.05) is 0 Å². The number of rotatable bonds is 2. The highest BCUT2D eigenvalue weighted by atomic mass is 35.5. The highest BCUT2D eigenvalue weighted by Gasteiger charge is 2.13. The van der Waals surface area contributed by atoms with Crippen molar-refractivity contribution >= 4 is 34.8 Å².